The van der Waals surface area contributed by atoms with Crippen molar-refractivity contribution in [3.05, 3.63) is 27.1 Å². The van der Waals surface area contributed by atoms with E-state index in [1.165, 1.54) is 6.08 Å². The number of carbonyl (C=O) groups excluding carboxylic acids is 3. The van der Waals surface area contributed by atoms with Crippen LogP contribution in [0.15, 0.2) is 21.5 Å². The predicted molar refractivity (Wildman–Crippen MR) is 108 cm³/mol. The molecular weight excluding hydrogens is 470 g/mol. The molecule has 1 aromatic rings. The third kappa shape index (κ3) is 5.97. The molecular formula is C18H18BrNO8S. The molecule has 29 heavy (non-hydrogen) atoms. The Morgan fingerprint density at radius 3 is 2.48 bits per heavy atom. The fourth-order valence-electron chi connectivity index (χ4n) is 2.29. The Hall–Kier alpha value is -2.53. The minimum absolute atomic E-state index is 0.0830. The van der Waals surface area contributed by atoms with Crippen LogP contribution in [-0.4, -0.2) is 59.5 Å². The molecule has 1 aromatic carbocycles. The average Bonchev–Trinajstić information content (AvgIpc) is 2.90. The summed E-state index contributed by atoms with van der Waals surface area (Å²) in [6, 6.07) is 3.15. The van der Waals surface area contributed by atoms with Gasteiger partial charge in [-0.3, -0.25) is 19.3 Å². The second kappa shape index (κ2) is 10.3. The number of hydrogen-bond acceptors (Lipinski definition) is 8. The van der Waals surface area contributed by atoms with Gasteiger partial charge < -0.3 is 19.3 Å². The minimum atomic E-state index is -1.28. The molecule has 9 nitrogen and oxygen atoms in total. The number of hydrogen-bond donors (Lipinski definition) is 1. The molecule has 1 aliphatic rings. The van der Waals surface area contributed by atoms with Crippen LogP contribution >= 0.6 is 27.7 Å². The number of carboxylic acid groups (broad SMARTS) is 1. The fourth-order valence-corrected chi connectivity index (χ4v) is 3.56. The molecule has 2 amide bonds. The van der Waals surface area contributed by atoms with E-state index in [2.05, 4.69) is 15.9 Å². The molecule has 0 aromatic heterocycles. The summed E-state index contributed by atoms with van der Waals surface area (Å²) in [6.07, 6.45) is 1.45. The van der Waals surface area contributed by atoms with Gasteiger partial charge in [-0.15, -0.1) is 0 Å². The van der Waals surface area contributed by atoms with E-state index in [1.807, 2.05) is 0 Å². The highest BCUT2D eigenvalue weighted by Gasteiger charge is 2.36. The number of carbonyl (C=O) groups is 4. The second-order valence-electron chi connectivity index (χ2n) is 5.51. The van der Waals surface area contributed by atoms with E-state index >= 15 is 0 Å². The molecule has 0 atom stereocenters. The third-order valence-electron chi connectivity index (χ3n) is 3.47. The Bertz CT molecular complexity index is 870. The highest BCUT2D eigenvalue weighted by molar-refractivity contribution is 9.10. The number of esters is 1. The van der Waals surface area contributed by atoms with Gasteiger partial charge in [0.2, 0.25) is 0 Å². The van der Waals surface area contributed by atoms with E-state index in [9.17, 15) is 19.2 Å². The van der Waals surface area contributed by atoms with Crippen molar-refractivity contribution in [3.63, 3.8) is 0 Å². The number of amides is 2. The number of benzene rings is 1. The molecule has 1 N–H and O–H groups in total. The van der Waals surface area contributed by atoms with Gasteiger partial charge in [-0.1, -0.05) is 15.9 Å². The molecule has 1 fully saturated rings. The number of ether oxygens (including phenoxy) is 3. The van der Waals surface area contributed by atoms with Crippen LogP contribution in [0.2, 0.25) is 0 Å². The molecule has 2 rings (SSSR count). The summed E-state index contributed by atoms with van der Waals surface area (Å²) in [4.78, 5) is 47.3. The van der Waals surface area contributed by atoms with Gasteiger partial charge in [-0.2, -0.15) is 0 Å². The summed E-state index contributed by atoms with van der Waals surface area (Å²) in [5.74, 6) is -1.87. The molecule has 1 heterocycles. The SMILES string of the molecule is CCOC(=O)COc1cc(Br)c(/C=C2/SC(=O)N(CC(=O)O)C2=O)cc1OCC. The van der Waals surface area contributed by atoms with E-state index < -0.39 is 29.6 Å². The van der Waals surface area contributed by atoms with Gasteiger partial charge in [0.05, 0.1) is 18.1 Å². The summed E-state index contributed by atoms with van der Waals surface area (Å²) >= 11 is 4.01. The minimum Gasteiger partial charge on any atom is -0.490 e. The van der Waals surface area contributed by atoms with Crippen molar-refractivity contribution in [3.8, 4) is 11.5 Å². The lowest BCUT2D eigenvalue weighted by Crippen LogP contribution is -2.33. The normalized spacial score (nSPS) is 15.0. The lowest BCUT2D eigenvalue weighted by atomic mass is 10.2. The smallest absolute Gasteiger partial charge is 0.344 e. The van der Waals surface area contributed by atoms with E-state index in [0.717, 1.165) is 0 Å². The van der Waals surface area contributed by atoms with Gasteiger partial charge in [0.1, 0.15) is 6.54 Å². The molecule has 0 saturated carbocycles. The van der Waals surface area contributed by atoms with Crippen molar-refractivity contribution in [1.82, 2.24) is 4.90 Å². The monoisotopic (exact) mass is 487 g/mol. The molecule has 0 spiro atoms. The zero-order chi connectivity index (χ0) is 21.6. The molecule has 11 heteroatoms. The number of aliphatic carboxylic acids is 1. The number of rotatable bonds is 9. The first-order valence-corrected chi connectivity index (χ1v) is 10.1. The molecule has 0 unspecified atom stereocenters. The van der Waals surface area contributed by atoms with Crippen LogP contribution in [0.1, 0.15) is 19.4 Å². The maximum Gasteiger partial charge on any atom is 0.344 e. The first-order valence-electron chi connectivity index (χ1n) is 8.48. The van der Waals surface area contributed by atoms with Crippen molar-refractivity contribution in [2.75, 3.05) is 26.4 Å². The Morgan fingerprint density at radius 1 is 1.17 bits per heavy atom. The summed E-state index contributed by atoms with van der Waals surface area (Å²) < 4.78 is 16.3. The molecule has 0 bridgehead atoms. The van der Waals surface area contributed by atoms with Crippen LogP contribution in [0.25, 0.3) is 6.08 Å². The number of thioether (sulfide) groups is 1. The highest BCUT2D eigenvalue weighted by atomic mass is 79.9. The van der Waals surface area contributed by atoms with Crippen LogP contribution in [0, 0.1) is 0 Å². The number of nitrogens with zero attached hydrogens (tertiary/aromatic N) is 1. The molecule has 1 aliphatic heterocycles. The number of imide groups is 1. The standard InChI is InChI=1S/C18H18BrNO8S/c1-3-26-12-5-10(11(19)7-13(12)28-9-16(23)27-4-2)6-14-17(24)20(8-15(21)22)18(25)29-14/h5-7H,3-4,8-9H2,1-2H3,(H,21,22)/b14-6+. The molecule has 0 aliphatic carbocycles. The van der Waals surface area contributed by atoms with Crippen molar-refractivity contribution in [2.45, 2.75) is 13.8 Å². The van der Waals surface area contributed by atoms with Crippen molar-refractivity contribution in [1.29, 1.82) is 0 Å². The van der Waals surface area contributed by atoms with Crippen molar-refractivity contribution >= 4 is 56.9 Å². The zero-order valence-corrected chi connectivity index (χ0v) is 18.0. The van der Waals surface area contributed by atoms with Crippen LogP contribution in [-0.2, 0) is 19.1 Å². The van der Waals surface area contributed by atoms with Gasteiger partial charge in [0.25, 0.3) is 11.1 Å². The van der Waals surface area contributed by atoms with E-state index in [1.54, 1.807) is 26.0 Å². The first-order chi connectivity index (χ1) is 13.8. The molecule has 1 saturated heterocycles. The quantitative estimate of drug-likeness (QED) is 0.413. The maximum atomic E-state index is 12.3. The topological polar surface area (TPSA) is 119 Å². The van der Waals surface area contributed by atoms with Crippen LogP contribution in [0.3, 0.4) is 0 Å². The fraction of sp³-hybridized carbons (Fsp3) is 0.333. The Morgan fingerprint density at radius 2 is 1.86 bits per heavy atom. The van der Waals surface area contributed by atoms with Crippen molar-refractivity contribution in [2.24, 2.45) is 0 Å². The van der Waals surface area contributed by atoms with E-state index in [-0.39, 0.29) is 18.1 Å². The van der Waals surface area contributed by atoms with Crippen LogP contribution in [0.5, 0.6) is 11.5 Å². The average molecular weight is 488 g/mol. The largest absolute Gasteiger partial charge is 0.490 e. The van der Waals surface area contributed by atoms with Gasteiger partial charge in [-0.05, 0) is 49.4 Å². The van der Waals surface area contributed by atoms with Crippen LogP contribution < -0.4 is 9.47 Å². The van der Waals surface area contributed by atoms with Gasteiger partial charge in [0.15, 0.2) is 18.1 Å². The highest BCUT2D eigenvalue weighted by Crippen LogP contribution is 2.38. The van der Waals surface area contributed by atoms with Crippen LogP contribution in [0.4, 0.5) is 4.79 Å². The molecule has 156 valence electrons. The van der Waals surface area contributed by atoms with Crippen molar-refractivity contribution < 1.29 is 38.5 Å². The predicted octanol–water partition coefficient (Wildman–Crippen LogP) is 2.91. The second-order valence-corrected chi connectivity index (χ2v) is 7.36. The number of carboxylic acids is 1. The Labute approximate surface area is 179 Å². The zero-order valence-electron chi connectivity index (χ0n) is 15.6. The Kier molecular flexibility index (Phi) is 8.09. The maximum absolute atomic E-state index is 12.3. The lowest BCUT2D eigenvalue weighted by molar-refractivity contribution is -0.145. The summed E-state index contributed by atoms with van der Waals surface area (Å²) in [5, 5.41) is 8.18. The molecule has 0 radical (unpaired) electrons. The Balaban J connectivity index is 2.29. The van der Waals surface area contributed by atoms with E-state index in [4.69, 9.17) is 19.3 Å². The van der Waals surface area contributed by atoms with Gasteiger partial charge in [0, 0.05) is 4.47 Å². The summed E-state index contributed by atoms with van der Waals surface area (Å²) in [7, 11) is 0. The first kappa shape index (κ1) is 22.8. The lowest BCUT2D eigenvalue weighted by Gasteiger charge is -2.14. The van der Waals surface area contributed by atoms with Gasteiger partial charge in [-0.25, -0.2) is 4.79 Å². The van der Waals surface area contributed by atoms with Gasteiger partial charge >= 0.3 is 11.9 Å². The van der Waals surface area contributed by atoms with E-state index in [0.29, 0.717) is 44.8 Å². The summed E-state index contributed by atoms with van der Waals surface area (Å²) in [6.45, 7) is 3.02. The summed E-state index contributed by atoms with van der Waals surface area (Å²) in [5.41, 5.74) is 0.512. The third-order valence-corrected chi connectivity index (χ3v) is 5.06. The number of halogens is 1.